The van der Waals surface area contributed by atoms with Gasteiger partial charge in [-0.3, -0.25) is 9.59 Å². The Kier molecular flexibility index (Phi) is 6.45. The first-order valence-electron chi connectivity index (χ1n) is 12.9. The van der Waals surface area contributed by atoms with Crippen molar-refractivity contribution in [1.82, 2.24) is 0 Å². The van der Waals surface area contributed by atoms with Crippen LogP contribution in [-0.2, 0) is 14.3 Å². The van der Waals surface area contributed by atoms with Crippen LogP contribution in [0.2, 0.25) is 0 Å². The van der Waals surface area contributed by atoms with Crippen LogP contribution in [0.4, 0.5) is 0 Å². The molecular formula is C29H33Cl3O4. The van der Waals surface area contributed by atoms with Crippen LogP contribution in [0.3, 0.4) is 0 Å². The Balaban J connectivity index is 1.60. The van der Waals surface area contributed by atoms with E-state index < -0.39 is 32.7 Å². The Morgan fingerprint density at radius 2 is 1.81 bits per heavy atom. The van der Waals surface area contributed by atoms with Gasteiger partial charge in [0, 0.05) is 23.2 Å². The number of fused-ring (bicyclic) bond motifs is 5. The quantitative estimate of drug-likeness (QED) is 0.307. The van der Waals surface area contributed by atoms with E-state index >= 15 is 0 Å². The molecule has 0 radical (unpaired) electrons. The van der Waals surface area contributed by atoms with Crippen molar-refractivity contribution in [3.63, 3.8) is 0 Å². The molecule has 3 saturated carbocycles. The first-order valence-corrected chi connectivity index (χ1v) is 14.2. The van der Waals surface area contributed by atoms with Crippen LogP contribution in [0.1, 0.15) is 69.7 Å². The maximum Gasteiger partial charge on any atom is 0.339 e. The van der Waals surface area contributed by atoms with Crippen molar-refractivity contribution in [2.45, 2.75) is 75.1 Å². The zero-order chi connectivity index (χ0) is 26.1. The second-order valence-electron chi connectivity index (χ2n) is 11.8. The van der Waals surface area contributed by atoms with Gasteiger partial charge in [-0.2, -0.15) is 0 Å². The molecule has 3 fully saturated rings. The number of rotatable bonds is 4. The van der Waals surface area contributed by atoms with Gasteiger partial charge in [-0.1, -0.05) is 44.5 Å². The zero-order valence-corrected chi connectivity index (χ0v) is 23.3. The lowest BCUT2D eigenvalue weighted by molar-refractivity contribution is -0.165. The number of halogens is 3. The first-order chi connectivity index (χ1) is 17.0. The molecule has 0 heterocycles. The van der Waals surface area contributed by atoms with E-state index in [1.165, 1.54) is 0 Å². The summed E-state index contributed by atoms with van der Waals surface area (Å²) in [6.45, 7) is 6.20. The van der Waals surface area contributed by atoms with Crippen LogP contribution < -0.4 is 0 Å². The van der Waals surface area contributed by atoms with Crippen LogP contribution in [0.15, 0.2) is 42.0 Å². The summed E-state index contributed by atoms with van der Waals surface area (Å²) in [5.41, 5.74) is -1.01. The predicted molar refractivity (Wildman–Crippen MR) is 142 cm³/mol. The average Bonchev–Trinajstić information content (AvgIpc) is 3.07. The van der Waals surface area contributed by atoms with Gasteiger partial charge in [-0.05, 0) is 62.1 Å². The highest BCUT2D eigenvalue weighted by molar-refractivity contribution is 6.34. The van der Waals surface area contributed by atoms with E-state index in [9.17, 15) is 14.4 Å². The normalized spacial score (nSPS) is 43.6. The van der Waals surface area contributed by atoms with E-state index in [-0.39, 0.29) is 35.2 Å². The van der Waals surface area contributed by atoms with Gasteiger partial charge in [0.15, 0.2) is 17.2 Å². The molecule has 4 nitrogen and oxygen atoms in total. The number of benzene rings is 1. The molecule has 1 aromatic carbocycles. The Bertz CT molecular complexity index is 1130. The SMILES string of the molecule is CC1C[C@H]2[C@@H]3CCC4=CC(=O)CC[C@]4(C)[C@@]3(Cl)C(Cl)C[C@]2(C)[C@@]1(OC(=O)c1ccccc1)C(=O)CCl. The number of hydrogen-bond acceptors (Lipinski definition) is 4. The maximum absolute atomic E-state index is 13.7. The summed E-state index contributed by atoms with van der Waals surface area (Å²) in [5, 5.41) is -0.476. The van der Waals surface area contributed by atoms with Gasteiger partial charge in [0.05, 0.1) is 21.7 Å². The highest BCUT2D eigenvalue weighted by Gasteiger charge is 2.76. The molecule has 4 aliphatic rings. The topological polar surface area (TPSA) is 60.4 Å². The fourth-order valence-electron chi connectivity index (χ4n) is 8.57. The zero-order valence-electron chi connectivity index (χ0n) is 21.0. The summed E-state index contributed by atoms with van der Waals surface area (Å²) in [6, 6.07) is 8.76. The van der Waals surface area contributed by atoms with Gasteiger partial charge in [-0.25, -0.2) is 4.79 Å². The standard InChI is InChI=1S/C29H33Cl3O4/c1-17-13-22-21-10-9-19-14-20(33)11-12-26(19,2)28(21,32)23(31)15-27(22,3)29(17,24(34)16-30)36-25(35)18-7-5-4-6-8-18/h4-8,14,17,21-23H,9-13,15-16H2,1-3H3/t17?,21-,22-,23?,26-,27-,28-,29-/m0/s1. The number of ether oxygens (including phenoxy) is 1. The lowest BCUT2D eigenvalue weighted by Gasteiger charge is -2.65. The summed E-state index contributed by atoms with van der Waals surface area (Å²) >= 11 is 21.2. The number of carbonyl (C=O) groups is 3. The molecule has 5 rings (SSSR count). The van der Waals surface area contributed by atoms with Gasteiger partial charge in [0.1, 0.15) is 0 Å². The minimum atomic E-state index is -1.39. The Labute approximate surface area is 228 Å². The summed E-state index contributed by atoms with van der Waals surface area (Å²) in [7, 11) is 0. The number of hydrogen-bond donors (Lipinski definition) is 0. The summed E-state index contributed by atoms with van der Waals surface area (Å²) in [6.07, 6.45) is 5.62. The number of ketones is 2. The van der Waals surface area contributed by atoms with Crippen molar-refractivity contribution in [3.05, 3.63) is 47.5 Å². The van der Waals surface area contributed by atoms with Crippen molar-refractivity contribution < 1.29 is 19.1 Å². The Morgan fingerprint density at radius 1 is 1.11 bits per heavy atom. The van der Waals surface area contributed by atoms with Crippen molar-refractivity contribution >= 4 is 52.3 Å². The third-order valence-corrected chi connectivity index (χ3v) is 12.2. The number of esters is 1. The lowest BCUT2D eigenvalue weighted by atomic mass is 9.45. The largest absolute Gasteiger partial charge is 0.447 e. The predicted octanol–water partition coefficient (Wildman–Crippen LogP) is 6.75. The van der Waals surface area contributed by atoms with E-state index in [2.05, 4.69) is 6.92 Å². The molecule has 1 aromatic rings. The molecule has 36 heavy (non-hydrogen) atoms. The van der Waals surface area contributed by atoms with Gasteiger partial charge in [0.2, 0.25) is 0 Å². The fourth-order valence-corrected chi connectivity index (χ4v) is 10.0. The van der Waals surface area contributed by atoms with E-state index in [4.69, 9.17) is 39.5 Å². The van der Waals surface area contributed by atoms with Crippen LogP contribution in [-0.4, -0.2) is 39.3 Å². The molecule has 0 aliphatic heterocycles. The molecule has 4 aliphatic carbocycles. The molecule has 0 saturated heterocycles. The number of alkyl halides is 3. The summed E-state index contributed by atoms with van der Waals surface area (Å²) in [5.74, 6) is -1.10. The molecule has 0 spiro atoms. The minimum Gasteiger partial charge on any atom is -0.447 e. The minimum absolute atomic E-state index is 0.0126. The van der Waals surface area contributed by atoms with Gasteiger partial charge in [-0.15, -0.1) is 34.8 Å². The van der Waals surface area contributed by atoms with Gasteiger partial charge >= 0.3 is 5.97 Å². The van der Waals surface area contributed by atoms with E-state index in [0.717, 1.165) is 18.4 Å². The summed E-state index contributed by atoms with van der Waals surface area (Å²) in [4.78, 5) is 38.6. The van der Waals surface area contributed by atoms with Crippen LogP contribution in [0.25, 0.3) is 0 Å². The average molecular weight is 552 g/mol. The number of allylic oxidation sites excluding steroid dienone is 1. The van der Waals surface area contributed by atoms with E-state index in [1.807, 2.05) is 19.9 Å². The highest BCUT2D eigenvalue weighted by atomic mass is 35.5. The third-order valence-electron chi connectivity index (χ3n) is 10.3. The van der Waals surface area contributed by atoms with Crippen LogP contribution >= 0.6 is 34.8 Å². The molecule has 2 unspecified atom stereocenters. The van der Waals surface area contributed by atoms with Gasteiger partial charge < -0.3 is 4.74 Å². The maximum atomic E-state index is 13.7. The van der Waals surface area contributed by atoms with Crippen LogP contribution in [0, 0.1) is 28.6 Å². The Hall–Kier alpha value is -1.36. The van der Waals surface area contributed by atoms with E-state index in [0.29, 0.717) is 31.2 Å². The lowest BCUT2D eigenvalue weighted by Crippen LogP contribution is -2.68. The monoisotopic (exact) mass is 550 g/mol. The molecule has 8 atom stereocenters. The van der Waals surface area contributed by atoms with E-state index in [1.54, 1.807) is 30.3 Å². The molecule has 0 N–H and O–H groups in total. The highest BCUT2D eigenvalue weighted by Crippen LogP contribution is 2.73. The van der Waals surface area contributed by atoms with Crippen LogP contribution in [0.5, 0.6) is 0 Å². The third kappa shape index (κ3) is 3.29. The molecule has 0 amide bonds. The number of carbonyl (C=O) groups excluding carboxylic acids is 3. The van der Waals surface area contributed by atoms with Crippen molar-refractivity contribution in [2.24, 2.45) is 28.6 Å². The molecule has 194 valence electrons. The molecule has 0 bridgehead atoms. The van der Waals surface area contributed by atoms with Crippen molar-refractivity contribution in [1.29, 1.82) is 0 Å². The first kappa shape index (κ1) is 26.3. The van der Waals surface area contributed by atoms with Crippen molar-refractivity contribution in [3.8, 4) is 0 Å². The van der Waals surface area contributed by atoms with Crippen molar-refractivity contribution in [2.75, 3.05) is 5.88 Å². The summed E-state index contributed by atoms with van der Waals surface area (Å²) < 4.78 is 6.30. The second kappa shape index (κ2) is 8.85. The fraction of sp³-hybridized carbons (Fsp3) is 0.621. The molecular weight excluding hydrogens is 519 g/mol. The smallest absolute Gasteiger partial charge is 0.339 e. The Morgan fingerprint density at radius 3 is 2.47 bits per heavy atom. The van der Waals surface area contributed by atoms with Gasteiger partial charge in [0.25, 0.3) is 0 Å². The molecule has 7 heteroatoms. The number of Topliss-reactive ketones (excluding diaryl/α,β-unsaturated/α-hetero) is 1. The second-order valence-corrected chi connectivity index (χ2v) is 13.2. The molecule has 0 aromatic heterocycles.